The Hall–Kier alpha value is -2.43. The highest BCUT2D eigenvalue weighted by atomic mass is 127. The van der Waals surface area contributed by atoms with Crippen LogP contribution in [-0.4, -0.2) is 50.6 Å². The van der Waals surface area contributed by atoms with E-state index in [0.29, 0.717) is 36.6 Å². The zero-order chi connectivity index (χ0) is 21.9. The lowest BCUT2D eigenvalue weighted by Gasteiger charge is -2.13. The van der Waals surface area contributed by atoms with Gasteiger partial charge in [-0.05, 0) is 37.1 Å². The Morgan fingerprint density at radius 1 is 1.13 bits per heavy atom. The molecule has 0 spiro atoms. The number of nitrogens with zero attached hydrogens (tertiary/aromatic N) is 2. The second kappa shape index (κ2) is 13.8. The average Bonchev–Trinajstić information content (AvgIpc) is 2.72. The van der Waals surface area contributed by atoms with Crippen LogP contribution < -0.4 is 15.4 Å². The summed E-state index contributed by atoms with van der Waals surface area (Å²) in [5.74, 6) is 0.656. The summed E-state index contributed by atoms with van der Waals surface area (Å²) >= 11 is 0. The van der Waals surface area contributed by atoms with Crippen LogP contribution in [0.1, 0.15) is 28.4 Å². The molecule has 170 valence electrons. The monoisotopic (exact) mass is 546 g/mol. The highest BCUT2D eigenvalue weighted by molar-refractivity contribution is 14.0. The van der Waals surface area contributed by atoms with Crippen molar-refractivity contribution in [2.45, 2.75) is 26.5 Å². The quantitative estimate of drug-likeness (QED) is 0.285. The summed E-state index contributed by atoms with van der Waals surface area (Å²) in [6.45, 7) is 0.526. The molecule has 2 aromatic carbocycles. The number of amides is 1. The van der Waals surface area contributed by atoms with E-state index in [9.17, 15) is 13.6 Å². The van der Waals surface area contributed by atoms with Gasteiger partial charge in [-0.15, -0.1) is 24.0 Å². The number of carbonyl (C=O) groups excluding carboxylic acids is 1. The van der Waals surface area contributed by atoms with Crippen molar-refractivity contribution in [3.05, 3.63) is 65.2 Å². The van der Waals surface area contributed by atoms with Gasteiger partial charge in [0.2, 0.25) is 0 Å². The van der Waals surface area contributed by atoms with Crippen LogP contribution in [0.15, 0.2) is 53.5 Å². The first-order valence-corrected chi connectivity index (χ1v) is 9.76. The topological polar surface area (TPSA) is 66.0 Å². The molecule has 0 heterocycles. The van der Waals surface area contributed by atoms with Crippen molar-refractivity contribution in [1.82, 2.24) is 15.5 Å². The summed E-state index contributed by atoms with van der Waals surface area (Å²) in [6.07, 6.45) is 0.698. The Bertz CT molecular complexity index is 863. The second-order valence-corrected chi connectivity index (χ2v) is 6.76. The van der Waals surface area contributed by atoms with E-state index in [1.165, 1.54) is 6.07 Å². The molecule has 0 unspecified atom stereocenters. The Labute approximate surface area is 199 Å². The Morgan fingerprint density at radius 2 is 1.87 bits per heavy atom. The van der Waals surface area contributed by atoms with E-state index in [1.807, 2.05) is 25.1 Å². The van der Waals surface area contributed by atoms with Crippen molar-refractivity contribution in [3.8, 4) is 5.75 Å². The molecule has 0 aromatic heterocycles. The molecule has 0 fully saturated rings. The largest absolute Gasteiger partial charge is 0.434 e. The third-order valence-corrected chi connectivity index (χ3v) is 4.23. The summed E-state index contributed by atoms with van der Waals surface area (Å²) in [7, 11) is 3.44. The number of rotatable bonds is 9. The second-order valence-electron chi connectivity index (χ2n) is 6.76. The maximum atomic E-state index is 12.6. The summed E-state index contributed by atoms with van der Waals surface area (Å²) in [4.78, 5) is 18.1. The minimum absolute atomic E-state index is 0. The lowest BCUT2D eigenvalue weighted by Crippen LogP contribution is -2.38. The number of nitrogens with one attached hydrogen (secondary N) is 2. The Kier molecular flexibility index (Phi) is 11.8. The van der Waals surface area contributed by atoms with Gasteiger partial charge in [0.1, 0.15) is 5.75 Å². The van der Waals surface area contributed by atoms with Gasteiger partial charge in [-0.25, -0.2) is 4.99 Å². The highest BCUT2D eigenvalue weighted by Crippen LogP contribution is 2.20. The maximum absolute atomic E-state index is 12.6. The van der Waals surface area contributed by atoms with Gasteiger partial charge in [0.05, 0.1) is 6.54 Å². The Balaban J connectivity index is 0.00000480. The summed E-state index contributed by atoms with van der Waals surface area (Å²) in [5.41, 5.74) is 2.25. The highest BCUT2D eigenvalue weighted by Gasteiger charge is 2.10. The van der Waals surface area contributed by atoms with Gasteiger partial charge in [-0.1, -0.05) is 30.3 Å². The first-order chi connectivity index (χ1) is 14.4. The van der Waals surface area contributed by atoms with E-state index in [-0.39, 0.29) is 42.2 Å². The lowest BCUT2D eigenvalue weighted by atomic mass is 10.1. The third kappa shape index (κ3) is 9.07. The zero-order valence-electron chi connectivity index (χ0n) is 17.9. The standard InChI is InChI=1S/C22H28F2N4O2.HI/c1-4-25-22(27-15-18-9-5-6-11-19(18)30-21(23)24)26-13-12-16-8-7-10-17(14-16)20(29)28(2)3;/h5-11,14,21H,4,12-13,15H2,1-3H3,(H2,25,26,27);1H. The third-order valence-electron chi connectivity index (χ3n) is 4.23. The van der Waals surface area contributed by atoms with Gasteiger partial charge in [-0.2, -0.15) is 8.78 Å². The van der Waals surface area contributed by atoms with Gasteiger partial charge in [0.25, 0.3) is 5.91 Å². The summed E-state index contributed by atoms with van der Waals surface area (Å²) in [6, 6.07) is 14.1. The molecule has 1 amide bonds. The molecule has 0 saturated carbocycles. The maximum Gasteiger partial charge on any atom is 0.387 e. The molecule has 0 aliphatic carbocycles. The minimum atomic E-state index is -2.88. The zero-order valence-corrected chi connectivity index (χ0v) is 20.2. The van der Waals surface area contributed by atoms with Crippen LogP contribution in [0.5, 0.6) is 5.75 Å². The normalized spacial score (nSPS) is 11.0. The van der Waals surface area contributed by atoms with E-state index in [1.54, 1.807) is 43.3 Å². The van der Waals surface area contributed by atoms with E-state index in [2.05, 4.69) is 20.4 Å². The van der Waals surface area contributed by atoms with E-state index in [0.717, 1.165) is 5.56 Å². The van der Waals surface area contributed by atoms with E-state index in [4.69, 9.17) is 0 Å². The fourth-order valence-corrected chi connectivity index (χ4v) is 2.79. The number of alkyl halides is 2. The molecular weight excluding hydrogens is 517 g/mol. The number of para-hydroxylation sites is 1. The SMILES string of the molecule is CCNC(=NCc1ccccc1OC(F)F)NCCc1cccc(C(=O)N(C)C)c1.I. The van der Waals surface area contributed by atoms with Crippen LogP contribution in [0.3, 0.4) is 0 Å². The van der Waals surface area contributed by atoms with Crippen LogP contribution in [0.2, 0.25) is 0 Å². The van der Waals surface area contributed by atoms with Crippen molar-refractivity contribution in [3.63, 3.8) is 0 Å². The van der Waals surface area contributed by atoms with Crippen LogP contribution in [-0.2, 0) is 13.0 Å². The number of halogens is 3. The average molecular weight is 546 g/mol. The van der Waals surface area contributed by atoms with Gasteiger partial charge in [0, 0.05) is 38.3 Å². The van der Waals surface area contributed by atoms with Crippen molar-refractivity contribution in [2.24, 2.45) is 4.99 Å². The molecule has 0 radical (unpaired) electrons. The molecule has 0 aliphatic rings. The van der Waals surface area contributed by atoms with Gasteiger partial charge < -0.3 is 20.3 Å². The predicted octanol–water partition coefficient (Wildman–Crippen LogP) is 3.91. The summed E-state index contributed by atoms with van der Waals surface area (Å²) < 4.78 is 29.7. The molecule has 31 heavy (non-hydrogen) atoms. The number of carbonyl (C=O) groups is 1. The van der Waals surface area contributed by atoms with Crippen molar-refractivity contribution in [2.75, 3.05) is 27.2 Å². The van der Waals surface area contributed by atoms with Crippen molar-refractivity contribution >= 4 is 35.8 Å². The predicted molar refractivity (Wildman–Crippen MR) is 129 cm³/mol. The molecular formula is C22H29F2IN4O2. The molecule has 0 atom stereocenters. The van der Waals surface area contributed by atoms with Gasteiger partial charge in [0.15, 0.2) is 5.96 Å². The van der Waals surface area contributed by atoms with Crippen molar-refractivity contribution in [1.29, 1.82) is 0 Å². The molecule has 0 aliphatic heterocycles. The summed E-state index contributed by atoms with van der Waals surface area (Å²) in [5, 5.41) is 6.36. The first-order valence-electron chi connectivity index (χ1n) is 9.76. The molecule has 2 aromatic rings. The number of ether oxygens (including phenoxy) is 1. The number of benzene rings is 2. The molecule has 9 heteroatoms. The fraction of sp³-hybridized carbons (Fsp3) is 0.364. The molecule has 6 nitrogen and oxygen atoms in total. The molecule has 0 saturated heterocycles. The Morgan fingerprint density at radius 3 is 2.55 bits per heavy atom. The molecule has 2 rings (SSSR count). The first kappa shape index (κ1) is 26.6. The number of hydrogen-bond donors (Lipinski definition) is 2. The van der Waals surface area contributed by atoms with Crippen LogP contribution >= 0.6 is 24.0 Å². The minimum Gasteiger partial charge on any atom is -0.434 e. The van der Waals surface area contributed by atoms with Crippen LogP contribution in [0.25, 0.3) is 0 Å². The van der Waals surface area contributed by atoms with E-state index >= 15 is 0 Å². The lowest BCUT2D eigenvalue weighted by molar-refractivity contribution is -0.0504. The fourth-order valence-electron chi connectivity index (χ4n) is 2.79. The number of hydrogen-bond acceptors (Lipinski definition) is 3. The molecule has 2 N–H and O–H groups in total. The number of guanidine groups is 1. The van der Waals surface area contributed by atoms with Crippen LogP contribution in [0, 0.1) is 0 Å². The van der Waals surface area contributed by atoms with Crippen molar-refractivity contribution < 1.29 is 18.3 Å². The van der Waals surface area contributed by atoms with Gasteiger partial charge >= 0.3 is 6.61 Å². The van der Waals surface area contributed by atoms with Gasteiger partial charge in [-0.3, -0.25) is 4.79 Å². The molecule has 0 bridgehead atoms. The van der Waals surface area contributed by atoms with Crippen LogP contribution in [0.4, 0.5) is 8.78 Å². The number of aliphatic imine (C=N–C) groups is 1. The van der Waals surface area contributed by atoms with E-state index < -0.39 is 6.61 Å². The smallest absolute Gasteiger partial charge is 0.387 e.